The van der Waals surface area contributed by atoms with E-state index in [1.54, 1.807) is 25.1 Å². The van der Waals surface area contributed by atoms with Gasteiger partial charge in [-0.2, -0.15) is 13.2 Å². The fraction of sp³-hybridized carbons (Fsp3) is 0.188. The second-order valence-corrected chi connectivity index (χ2v) is 5.77. The number of carbonyl (C=O) groups is 1. The van der Waals surface area contributed by atoms with Gasteiger partial charge in [0.2, 0.25) is 0 Å². The van der Waals surface area contributed by atoms with E-state index in [0.29, 0.717) is 22.9 Å². The van der Waals surface area contributed by atoms with Gasteiger partial charge < -0.3 is 4.74 Å². The van der Waals surface area contributed by atoms with Crippen LogP contribution in [0.2, 0.25) is 5.02 Å². The average Bonchev–Trinajstić information content (AvgIpc) is 2.59. The molecule has 0 aliphatic carbocycles. The molecule has 0 bridgehead atoms. The van der Waals surface area contributed by atoms with Gasteiger partial charge in [0.05, 0.1) is 10.5 Å². The third-order valence-electron chi connectivity index (χ3n) is 3.36. The van der Waals surface area contributed by atoms with E-state index < -0.39 is 34.9 Å². The Bertz CT molecular complexity index is 874. The van der Waals surface area contributed by atoms with Crippen LogP contribution in [-0.4, -0.2) is 17.4 Å². The summed E-state index contributed by atoms with van der Waals surface area (Å²) >= 11 is 5.87. The molecule has 0 spiro atoms. The number of nitrogens with zero attached hydrogens (tertiary/aromatic N) is 1. The standard InChI is InChI=1S/C16H13ClF3N3O4/c1-9-6-11(3-4-12(9)17)27-8-15(24)22-21-13-5-2-10(16(18,19)20)7-14(13)23(25)26/h2-7,21H,8H2,1H3,(H,22,24). The van der Waals surface area contributed by atoms with Crippen molar-refractivity contribution in [2.45, 2.75) is 13.1 Å². The zero-order chi connectivity index (χ0) is 20.2. The number of rotatable bonds is 6. The molecule has 2 rings (SSSR count). The van der Waals surface area contributed by atoms with E-state index in [-0.39, 0.29) is 5.69 Å². The lowest BCUT2D eigenvalue weighted by atomic mass is 10.1. The highest BCUT2D eigenvalue weighted by atomic mass is 35.5. The molecule has 144 valence electrons. The van der Waals surface area contributed by atoms with E-state index in [4.69, 9.17) is 16.3 Å². The van der Waals surface area contributed by atoms with Crippen LogP contribution in [0, 0.1) is 17.0 Å². The number of benzene rings is 2. The van der Waals surface area contributed by atoms with Crippen molar-refractivity contribution in [1.82, 2.24) is 5.43 Å². The van der Waals surface area contributed by atoms with E-state index in [1.807, 2.05) is 0 Å². The summed E-state index contributed by atoms with van der Waals surface area (Å²) in [6.45, 7) is 1.32. The lowest BCUT2D eigenvalue weighted by Gasteiger charge is -2.12. The van der Waals surface area contributed by atoms with E-state index >= 15 is 0 Å². The van der Waals surface area contributed by atoms with Gasteiger partial charge >= 0.3 is 6.18 Å². The fourth-order valence-electron chi connectivity index (χ4n) is 1.99. The number of hydrogen-bond acceptors (Lipinski definition) is 5. The molecule has 0 heterocycles. The van der Waals surface area contributed by atoms with Crippen LogP contribution in [0.3, 0.4) is 0 Å². The molecule has 2 N–H and O–H groups in total. The van der Waals surface area contributed by atoms with Gasteiger partial charge in [-0.3, -0.25) is 25.8 Å². The van der Waals surface area contributed by atoms with Crippen molar-refractivity contribution in [2.24, 2.45) is 0 Å². The number of nitrogens with one attached hydrogen (secondary N) is 2. The van der Waals surface area contributed by atoms with Gasteiger partial charge in [-0.1, -0.05) is 11.6 Å². The molecule has 0 fully saturated rings. The van der Waals surface area contributed by atoms with Crippen molar-refractivity contribution < 1.29 is 27.6 Å². The number of amides is 1. The van der Waals surface area contributed by atoms with E-state index in [2.05, 4.69) is 10.9 Å². The van der Waals surface area contributed by atoms with Crippen LogP contribution in [0.25, 0.3) is 0 Å². The molecule has 11 heteroatoms. The topological polar surface area (TPSA) is 93.5 Å². The molecule has 27 heavy (non-hydrogen) atoms. The lowest BCUT2D eigenvalue weighted by Crippen LogP contribution is -2.33. The third kappa shape index (κ3) is 5.48. The zero-order valence-electron chi connectivity index (χ0n) is 13.8. The molecular weight excluding hydrogens is 391 g/mol. The monoisotopic (exact) mass is 403 g/mol. The minimum Gasteiger partial charge on any atom is -0.484 e. The summed E-state index contributed by atoms with van der Waals surface area (Å²) in [5, 5.41) is 11.5. The van der Waals surface area contributed by atoms with Gasteiger partial charge in [0.15, 0.2) is 6.61 Å². The molecule has 0 unspecified atom stereocenters. The minimum atomic E-state index is -4.73. The molecule has 0 aliphatic rings. The Balaban J connectivity index is 1.99. The molecule has 0 radical (unpaired) electrons. The number of anilines is 1. The Hall–Kier alpha value is -3.01. The largest absolute Gasteiger partial charge is 0.484 e. The van der Waals surface area contributed by atoms with Crippen LogP contribution in [0.4, 0.5) is 24.5 Å². The number of halogens is 4. The average molecular weight is 404 g/mol. The zero-order valence-corrected chi connectivity index (χ0v) is 14.5. The van der Waals surface area contributed by atoms with Gasteiger partial charge in [0, 0.05) is 11.1 Å². The summed E-state index contributed by atoms with van der Waals surface area (Å²) in [7, 11) is 0. The van der Waals surface area contributed by atoms with Crippen LogP contribution < -0.4 is 15.6 Å². The first kappa shape index (κ1) is 20.3. The molecule has 0 aliphatic heterocycles. The number of ether oxygens (including phenoxy) is 1. The molecule has 0 saturated carbocycles. The minimum absolute atomic E-state index is 0.302. The van der Waals surface area contributed by atoms with Gasteiger partial charge in [-0.05, 0) is 42.8 Å². The van der Waals surface area contributed by atoms with Crippen LogP contribution >= 0.6 is 11.6 Å². The first-order valence-corrected chi connectivity index (χ1v) is 7.75. The maximum Gasteiger partial charge on any atom is 0.416 e. The number of nitro benzene ring substituents is 1. The Morgan fingerprint density at radius 2 is 1.96 bits per heavy atom. The molecule has 0 atom stereocenters. The van der Waals surface area contributed by atoms with Crippen LogP contribution in [0.15, 0.2) is 36.4 Å². The summed E-state index contributed by atoms with van der Waals surface area (Å²) < 4.78 is 43.2. The number of nitro groups is 1. The number of aryl methyl sites for hydroxylation is 1. The fourth-order valence-corrected chi connectivity index (χ4v) is 2.11. The van der Waals surface area contributed by atoms with Gasteiger partial charge in [-0.15, -0.1) is 0 Å². The number of hydrogen-bond donors (Lipinski definition) is 2. The highest BCUT2D eigenvalue weighted by Crippen LogP contribution is 2.34. The first-order valence-electron chi connectivity index (χ1n) is 7.37. The predicted octanol–water partition coefficient (Wildman–Crippen LogP) is 4.10. The number of hydrazine groups is 1. The summed E-state index contributed by atoms with van der Waals surface area (Å²) in [6.07, 6.45) is -4.73. The summed E-state index contributed by atoms with van der Waals surface area (Å²) in [5.41, 5.74) is 2.78. The van der Waals surface area contributed by atoms with Crippen LogP contribution in [0.1, 0.15) is 11.1 Å². The van der Waals surface area contributed by atoms with Crippen molar-refractivity contribution in [3.63, 3.8) is 0 Å². The van der Waals surface area contributed by atoms with E-state index in [1.165, 1.54) is 0 Å². The van der Waals surface area contributed by atoms with Crippen molar-refractivity contribution in [2.75, 3.05) is 12.0 Å². The summed E-state index contributed by atoms with van der Waals surface area (Å²) in [4.78, 5) is 21.8. The van der Waals surface area contributed by atoms with Gasteiger partial charge in [0.1, 0.15) is 11.4 Å². The molecule has 2 aromatic rings. The maximum atomic E-state index is 12.7. The van der Waals surface area contributed by atoms with E-state index in [0.717, 1.165) is 11.6 Å². The summed E-state index contributed by atoms with van der Waals surface area (Å²) in [6, 6.07) is 6.65. The number of alkyl halides is 3. The maximum absolute atomic E-state index is 12.7. The molecular formula is C16H13ClF3N3O4. The van der Waals surface area contributed by atoms with E-state index in [9.17, 15) is 28.1 Å². The van der Waals surface area contributed by atoms with Gasteiger partial charge in [0.25, 0.3) is 11.6 Å². The predicted molar refractivity (Wildman–Crippen MR) is 91.5 cm³/mol. The lowest BCUT2D eigenvalue weighted by molar-refractivity contribution is -0.384. The smallest absolute Gasteiger partial charge is 0.416 e. The molecule has 1 amide bonds. The van der Waals surface area contributed by atoms with Gasteiger partial charge in [-0.25, -0.2) is 0 Å². The third-order valence-corrected chi connectivity index (χ3v) is 3.78. The van der Waals surface area contributed by atoms with Crippen LogP contribution in [0.5, 0.6) is 5.75 Å². The Morgan fingerprint density at radius 1 is 1.26 bits per heavy atom. The SMILES string of the molecule is Cc1cc(OCC(=O)NNc2ccc(C(F)(F)F)cc2[N+](=O)[O-])ccc1Cl. The molecule has 2 aromatic carbocycles. The van der Waals surface area contributed by atoms with Crippen molar-refractivity contribution >= 4 is 28.9 Å². The first-order chi connectivity index (χ1) is 12.6. The van der Waals surface area contributed by atoms with Crippen LogP contribution in [-0.2, 0) is 11.0 Å². The van der Waals surface area contributed by atoms with Crippen molar-refractivity contribution in [3.8, 4) is 5.75 Å². The molecule has 7 nitrogen and oxygen atoms in total. The highest BCUT2D eigenvalue weighted by molar-refractivity contribution is 6.31. The summed E-state index contributed by atoms with van der Waals surface area (Å²) in [5.74, 6) is -0.315. The van der Waals surface area contributed by atoms with Crippen molar-refractivity contribution in [1.29, 1.82) is 0 Å². The van der Waals surface area contributed by atoms with Crippen molar-refractivity contribution in [3.05, 3.63) is 62.7 Å². The molecule has 0 aromatic heterocycles. The normalized spacial score (nSPS) is 11.0. The molecule has 0 saturated heterocycles. The Morgan fingerprint density at radius 3 is 2.56 bits per heavy atom. The highest BCUT2D eigenvalue weighted by Gasteiger charge is 2.33. The number of carbonyl (C=O) groups excluding carboxylic acids is 1. The Labute approximate surface area is 156 Å². The second kappa shape index (κ2) is 8.12. The Kier molecular flexibility index (Phi) is 6.11. The quantitative estimate of drug-likeness (QED) is 0.559. The second-order valence-electron chi connectivity index (χ2n) is 5.36.